The van der Waals surface area contributed by atoms with Crippen molar-refractivity contribution in [1.82, 2.24) is 9.55 Å². The first kappa shape index (κ1) is 12.5. The van der Waals surface area contributed by atoms with Crippen LogP contribution < -0.4 is 0 Å². The third-order valence-electron chi connectivity index (χ3n) is 3.14. The number of para-hydroxylation sites is 2. The Morgan fingerprint density at radius 2 is 2.15 bits per heavy atom. The summed E-state index contributed by atoms with van der Waals surface area (Å²) in [6.45, 7) is 0.157. The van der Waals surface area contributed by atoms with E-state index >= 15 is 0 Å². The fourth-order valence-electron chi connectivity index (χ4n) is 2.08. The van der Waals surface area contributed by atoms with Crippen molar-refractivity contribution in [2.24, 2.45) is 7.05 Å². The summed E-state index contributed by atoms with van der Waals surface area (Å²) >= 11 is 0. The number of carbonyl (C=O) groups is 1. The molecular formula is C15H14N2O3. The zero-order valence-electron chi connectivity index (χ0n) is 11.1. The molecule has 0 radical (unpaired) electrons. The molecule has 5 nitrogen and oxygen atoms in total. The van der Waals surface area contributed by atoms with Gasteiger partial charge in [0.25, 0.3) is 0 Å². The Kier molecular flexibility index (Phi) is 3.25. The van der Waals surface area contributed by atoms with E-state index in [0.29, 0.717) is 5.76 Å². The van der Waals surface area contributed by atoms with E-state index in [9.17, 15) is 4.79 Å². The number of carbonyl (C=O) groups excluding carboxylic acids is 1. The average molecular weight is 270 g/mol. The lowest BCUT2D eigenvalue weighted by atomic mass is 10.3. The van der Waals surface area contributed by atoms with Crippen LogP contribution in [0.25, 0.3) is 11.0 Å². The van der Waals surface area contributed by atoms with E-state index in [4.69, 9.17) is 9.15 Å². The Bertz CT molecular complexity index is 729. The molecule has 0 spiro atoms. The standard InChI is InChI=1S/C15H14N2O3/c1-17-13-7-3-2-6-12(13)16-14(17)10-20-15(18)9-11-5-4-8-19-11/h2-8H,9-10H2,1H3. The van der Waals surface area contributed by atoms with Crippen LogP contribution in [0, 0.1) is 0 Å². The van der Waals surface area contributed by atoms with E-state index in [1.807, 2.05) is 35.9 Å². The monoisotopic (exact) mass is 270 g/mol. The van der Waals surface area contributed by atoms with Gasteiger partial charge in [0.1, 0.15) is 24.6 Å². The minimum Gasteiger partial charge on any atom is -0.469 e. The van der Waals surface area contributed by atoms with Crippen molar-refractivity contribution in [3.63, 3.8) is 0 Å². The number of aromatic nitrogens is 2. The topological polar surface area (TPSA) is 57.3 Å². The zero-order valence-corrected chi connectivity index (χ0v) is 11.1. The van der Waals surface area contributed by atoms with Crippen molar-refractivity contribution in [2.45, 2.75) is 13.0 Å². The van der Waals surface area contributed by atoms with Crippen molar-refractivity contribution >= 4 is 17.0 Å². The number of furan rings is 1. The Labute approximate surface area is 115 Å². The maximum absolute atomic E-state index is 11.7. The fourth-order valence-corrected chi connectivity index (χ4v) is 2.08. The highest BCUT2D eigenvalue weighted by molar-refractivity contribution is 5.76. The van der Waals surface area contributed by atoms with Gasteiger partial charge in [-0.25, -0.2) is 4.98 Å². The average Bonchev–Trinajstić information content (AvgIpc) is 3.06. The highest BCUT2D eigenvalue weighted by Crippen LogP contribution is 2.15. The molecule has 0 N–H and O–H groups in total. The molecule has 0 aliphatic carbocycles. The molecule has 2 heterocycles. The summed E-state index contributed by atoms with van der Waals surface area (Å²) in [6.07, 6.45) is 1.67. The van der Waals surface area contributed by atoms with Gasteiger partial charge in [0.05, 0.1) is 17.3 Å². The summed E-state index contributed by atoms with van der Waals surface area (Å²) in [5, 5.41) is 0. The van der Waals surface area contributed by atoms with Crippen molar-refractivity contribution in [1.29, 1.82) is 0 Å². The molecule has 0 atom stereocenters. The molecule has 0 bridgehead atoms. The molecule has 0 saturated carbocycles. The number of fused-ring (bicyclic) bond motifs is 1. The van der Waals surface area contributed by atoms with Crippen molar-refractivity contribution in [3.05, 3.63) is 54.2 Å². The van der Waals surface area contributed by atoms with Crippen LogP contribution in [0.4, 0.5) is 0 Å². The fraction of sp³-hybridized carbons (Fsp3) is 0.200. The second kappa shape index (κ2) is 5.21. The Hall–Kier alpha value is -2.56. The third kappa shape index (κ3) is 2.42. The Morgan fingerprint density at radius 1 is 1.30 bits per heavy atom. The van der Waals surface area contributed by atoms with Gasteiger partial charge in [0, 0.05) is 7.05 Å². The van der Waals surface area contributed by atoms with Crippen LogP contribution in [0.15, 0.2) is 47.1 Å². The van der Waals surface area contributed by atoms with Gasteiger partial charge in [-0.05, 0) is 24.3 Å². The largest absolute Gasteiger partial charge is 0.469 e. The van der Waals surface area contributed by atoms with Gasteiger partial charge in [-0.15, -0.1) is 0 Å². The summed E-state index contributed by atoms with van der Waals surface area (Å²) < 4.78 is 12.3. The summed E-state index contributed by atoms with van der Waals surface area (Å²) in [6, 6.07) is 11.3. The first-order valence-corrected chi connectivity index (χ1v) is 6.32. The second-order valence-corrected chi connectivity index (χ2v) is 4.49. The summed E-state index contributed by atoms with van der Waals surface area (Å²) in [5.74, 6) is 0.992. The van der Waals surface area contributed by atoms with Gasteiger partial charge in [-0.1, -0.05) is 12.1 Å². The second-order valence-electron chi connectivity index (χ2n) is 4.49. The quantitative estimate of drug-likeness (QED) is 0.683. The first-order chi connectivity index (χ1) is 9.74. The lowest BCUT2D eigenvalue weighted by Crippen LogP contribution is -2.10. The highest BCUT2D eigenvalue weighted by atomic mass is 16.5. The molecule has 0 aliphatic rings. The lowest BCUT2D eigenvalue weighted by molar-refractivity contribution is -0.144. The molecule has 0 fully saturated rings. The van der Waals surface area contributed by atoms with Gasteiger partial charge in [-0.3, -0.25) is 4.79 Å². The van der Waals surface area contributed by atoms with Crippen LogP contribution in [0.2, 0.25) is 0 Å². The number of benzene rings is 1. The van der Waals surface area contributed by atoms with Crippen LogP contribution in [-0.2, 0) is 29.6 Å². The number of imidazole rings is 1. The number of nitrogens with zero attached hydrogens (tertiary/aromatic N) is 2. The number of ether oxygens (including phenoxy) is 1. The predicted octanol–water partition coefficient (Wildman–Crippen LogP) is 2.45. The molecule has 20 heavy (non-hydrogen) atoms. The SMILES string of the molecule is Cn1c(COC(=O)Cc2ccco2)nc2ccccc21. The van der Waals surface area contributed by atoms with Crippen LogP contribution in [0.5, 0.6) is 0 Å². The first-order valence-electron chi connectivity index (χ1n) is 6.32. The number of hydrogen-bond donors (Lipinski definition) is 0. The van der Waals surface area contributed by atoms with E-state index in [1.165, 1.54) is 6.26 Å². The van der Waals surface area contributed by atoms with E-state index in [-0.39, 0.29) is 19.0 Å². The minimum absolute atomic E-state index is 0.136. The molecule has 3 aromatic rings. The van der Waals surface area contributed by atoms with Crippen LogP contribution in [0.1, 0.15) is 11.6 Å². The van der Waals surface area contributed by atoms with Gasteiger partial charge >= 0.3 is 5.97 Å². The molecule has 3 rings (SSSR count). The molecule has 1 aromatic carbocycles. The van der Waals surface area contributed by atoms with E-state index in [2.05, 4.69) is 4.98 Å². The maximum Gasteiger partial charge on any atom is 0.313 e. The molecular weight excluding hydrogens is 256 g/mol. The molecule has 102 valence electrons. The molecule has 2 aromatic heterocycles. The van der Waals surface area contributed by atoms with E-state index < -0.39 is 0 Å². The van der Waals surface area contributed by atoms with Crippen molar-refractivity contribution in [3.8, 4) is 0 Å². The van der Waals surface area contributed by atoms with Gasteiger partial charge < -0.3 is 13.7 Å². The number of esters is 1. The maximum atomic E-state index is 11.7. The summed E-state index contributed by atoms with van der Waals surface area (Å²) in [5.41, 5.74) is 1.91. The highest BCUT2D eigenvalue weighted by Gasteiger charge is 2.11. The summed E-state index contributed by atoms with van der Waals surface area (Å²) in [4.78, 5) is 16.1. The summed E-state index contributed by atoms with van der Waals surface area (Å²) in [7, 11) is 1.91. The normalized spacial score (nSPS) is 10.8. The number of aryl methyl sites for hydroxylation is 1. The van der Waals surface area contributed by atoms with Crippen molar-refractivity contribution < 1.29 is 13.9 Å². The molecule has 0 saturated heterocycles. The Morgan fingerprint density at radius 3 is 2.90 bits per heavy atom. The Balaban J connectivity index is 1.68. The number of hydrogen-bond acceptors (Lipinski definition) is 4. The van der Waals surface area contributed by atoms with Crippen molar-refractivity contribution in [2.75, 3.05) is 0 Å². The van der Waals surface area contributed by atoms with Crippen LogP contribution in [0.3, 0.4) is 0 Å². The van der Waals surface area contributed by atoms with E-state index in [1.54, 1.807) is 12.1 Å². The zero-order chi connectivity index (χ0) is 13.9. The van der Waals surface area contributed by atoms with Crippen LogP contribution >= 0.6 is 0 Å². The molecule has 5 heteroatoms. The van der Waals surface area contributed by atoms with Gasteiger partial charge in [0.2, 0.25) is 0 Å². The third-order valence-corrected chi connectivity index (χ3v) is 3.14. The van der Waals surface area contributed by atoms with E-state index in [0.717, 1.165) is 16.9 Å². The lowest BCUT2D eigenvalue weighted by Gasteiger charge is -2.04. The van der Waals surface area contributed by atoms with Gasteiger partial charge in [-0.2, -0.15) is 0 Å². The molecule has 0 aliphatic heterocycles. The number of rotatable bonds is 4. The van der Waals surface area contributed by atoms with Crippen LogP contribution in [-0.4, -0.2) is 15.5 Å². The predicted molar refractivity (Wildman–Crippen MR) is 72.9 cm³/mol. The molecule has 0 amide bonds. The van der Waals surface area contributed by atoms with Gasteiger partial charge in [0.15, 0.2) is 0 Å². The minimum atomic E-state index is -0.327. The molecule has 0 unspecified atom stereocenters. The smallest absolute Gasteiger partial charge is 0.313 e.